The Bertz CT molecular complexity index is 330. The molecule has 0 bridgehead atoms. The third-order valence-electron chi connectivity index (χ3n) is 3.16. The Morgan fingerprint density at radius 3 is 2.65 bits per heavy atom. The first kappa shape index (κ1) is 14.2. The lowest BCUT2D eigenvalue weighted by Crippen LogP contribution is -2.29. The molecule has 3 nitrogen and oxygen atoms in total. The van der Waals surface area contributed by atoms with Crippen molar-refractivity contribution < 1.29 is 0 Å². The Morgan fingerprint density at radius 2 is 2.12 bits per heavy atom. The van der Waals surface area contributed by atoms with Crippen molar-refractivity contribution in [3.63, 3.8) is 0 Å². The summed E-state index contributed by atoms with van der Waals surface area (Å²) in [5, 5.41) is 7.94. The monoisotopic (exact) mass is 237 g/mol. The maximum Gasteiger partial charge on any atom is 0.0596 e. The van der Waals surface area contributed by atoms with Crippen LogP contribution in [0.1, 0.15) is 45.0 Å². The van der Waals surface area contributed by atoms with Crippen molar-refractivity contribution in [1.29, 1.82) is 0 Å². The minimum atomic E-state index is 0.610. The van der Waals surface area contributed by atoms with Crippen LogP contribution in [0, 0.1) is 12.8 Å². The third kappa shape index (κ3) is 4.90. The second-order valence-electron chi connectivity index (χ2n) is 5.30. The van der Waals surface area contributed by atoms with Crippen LogP contribution in [0.2, 0.25) is 0 Å². The molecule has 0 radical (unpaired) electrons. The molecular formula is C14H27N3. The molecule has 0 amide bonds. The van der Waals surface area contributed by atoms with E-state index in [0.29, 0.717) is 12.0 Å². The van der Waals surface area contributed by atoms with E-state index in [2.05, 4.69) is 44.2 Å². The highest BCUT2D eigenvalue weighted by molar-refractivity contribution is 5.09. The normalized spacial score (nSPS) is 14.9. The zero-order chi connectivity index (χ0) is 12.8. The zero-order valence-corrected chi connectivity index (χ0v) is 12.0. The van der Waals surface area contributed by atoms with Crippen molar-refractivity contribution in [1.82, 2.24) is 15.1 Å². The molecule has 0 fully saturated rings. The van der Waals surface area contributed by atoms with Gasteiger partial charge in [-0.25, -0.2) is 0 Å². The lowest BCUT2D eigenvalue weighted by molar-refractivity contribution is 0.413. The standard InChI is InChI=1S/C14H27N3/c1-6-7-15-12(3)8-11(2)9-14-10-13(4)16-17(14)5/h10-12,15H,6-9H2,1-5H3. The molecule has 98 valence electrons. The van der Waals surface area contributed by atoms with Crippen molar-refractivity contribution in [3.05, 3.63) is 17.5 Å². The van der Waals surface area contributed by atoms with E-state index in [0.717, 1.165) is 18.7 Å². The van der Waals surface area contributed by atoms with E-state index in [9.17, 15) is 0 Å². The van der Waals surface area contributed by atoms with E-state index >= 15 is 0 Å². The van der Waals surface area contributed by atoms with Gasteiger partial charge in [0.25, 0.3) is 0 Å². The van der Waals surface area contributed by atoms with Crippen LogP contribution in [-0.4, -0.2) is 22.4 Å². The van der Waals surface area contributed by atoms with Crippen molar-refractivity contribution >= 4 is 0 Å². The number of hydrogen-bond acceptors (Lipinski definition) is 2. The molecule has 0 aliphatic rings. The van der Waals surface area contributed by atoms with Crippen molar-refractivity contribution in [2.45, 2.75) is 53.0 Å². The fourth-order valence-electron chi connectivity index (χ4n) is 2.37. The van der Waals surface area contributed by atoms with E-state index in [4.69, 9.17) is 0 Å². The van der Waals surface area contributed by atoms with E-state index < -0.39 is 0 Å². The first-order valence-electron chi connectivity index (χ1n) is 6.75. The maximum absolute atomic E-state index is 4.39. The van der Waals surface area contributed by atoms with Crippen LogP contribution in [-0.2, 0) is 13.5 Å². The Kier molecular flexibility index (Phi) is 5.69. The Morgan fingerprint density at radius 1 is 1.41 bits per heavy atom. The summed E-state index contributed by atoms with van der Waals surface area (Å²) in [6.45, 7) is 9.99. The lowest BCUT2D eigenvalue weighted by atomic mass is 9.97. The number of rotatable bonds is 7. The molecule has 1 N–H and O–H groups in total. The smallest absolute Gasteiger partial charge is 0.0596 e. The predicted octanol–water partition coefficient (Wildman–Crippen LogP) is 2.69. The van der Waals surface area contributed by atoms with Gasteiger partial charge in [-0.05, 0) is 51.6 Å². The highest BCUT2D eigenvalue weighted by atomic mass is 15.3. The van der Waals surface area contributed by atoms with Crippen molar-refractivity contribution in [3.8, 4) is 0 Å². The predicted molar refractivity (Wildman–Crippen MR) is 73.2 cm³/mol. The van der Waals surface area contributed by atoms with E-state index in [1.165, 1.54) is 18.5 Å². The molecule has 0 aliphatic heterocycles. The molecule has 0 spiro atoms. The molecule has 0 saturated heterocycles. The zero-order valence-electron chi connectivity index (χ0n) is 12.0. The average molecular weight is 237 g/mol. The van der Waals surface area contributed by atoms with Crippen LogP contribution in [0.15, 0.2) is 6.07 Å². The highest BCUT2D eigenvalue weighted by Crippen LogP contribution is 2.14. The number of aromatic nitrogens is 2. The van der Waals surface area contributed by atoms with Crippen LogP contribution in [0.5, 0.6) is 0 Å². The summed E-state index contributed by atoms with van der Waals surface area (Å²) in [5.74, 6) is 0.698. The van der Waals surface area contributed by atoms with E-state index in [-0.39, 0.29) is 0 Å². The molecule has 1 aromatic heterocycles. The molecule has 0 aliphatic carbocycles. The summed E-state index contributed by atoms with van der Waals surface area (Å²) in [5.41, 5.74) is 2.46. The summed E-state index contributed by atoms with van der Waals surface area (Å²) in [6, 6.07) is 2.81. The SMILES string of the molecule is CCCNC(C)CC(C)Cc1cc(C)nn1C. The molecule has 2 unspecified atom stereocenters. The summed E-state index contributed by atoms with van der Waals surface area (Å²) in [4.78, 5) is 0. The molecule has 3 heteroatoms. The Labute approximate surface area is 106 Å². The second-order valence-corrected chi connectivity index (χ2v) is 5.30. The van der Waals surface area contributed by atoms with Gasteiger partial charge < -0.3 is 5.32 Å². The summed E-state index contributed by atoms with van der Waals surface area (Å²) in [6.07, 6.45) is 3.55. The van der Waals surface area contributed by atoms with Crippen LogP contribution >= 0.6 is 0 Å². The van der Waals surface area contributed by atoms with Gasteiger partial charge in [-0.2, -0.15) is 5.10 Å². The summed E-state index contributed by atoms with van der Waals surface area (Å²) in [7, 11) is 2.04. The highest BCUT2D eigenvalue weighted by Gasteiger charge is 2.11. The van der Waals surface area contributed by atoms with Gasteiger partial charge in [-0.15, -0.1) is 0 Å². The largest absolute Gasteiger partial charge is 0.314 e. The molecular weight excluding hydrogens is 210 g/mol. The second kappa shape index (κ2) is 6.80. The molecule has 0 aromatic carbocycles. The van der Waals surface area contributed by atoms with Gasteiger partial charge in [0.15, 0.2) is 0 Å². The van der Waals surface area contributed by atoms with Gasteiger partial charge in [-0.3, -0.25) is 4.68 Å². The fourth-order valence-corrected chi connectivity index (χ4v) is 2.37. The Hall–Kier alpha value is -0.830. The minimum absolute atomic E-state index is 0.610. The lowest BCUT2D eigenvalue weighted by Gasteiger charge is -2.18. The van der Waals surface area contributed by atoms with Crippen molar-refractivity contribution in [2.24, 2.45) is 13.0 Å². The molecule has 0 saturated carbocycles. The van der Waals surface area contributed by atoms with Gasteiger partial charge >= 0.3 is 0 Å². The molecule has 17 heavy (non-hydrogen) atoms. The fraction of sp³-hybridized carbons (Fsp3) is 0.786. The third-order valence-corrected chi connectivity index (χ3v) is 3.16. The van der Waals surface area contributed by atoms with E-state index in [1.54, 1.807) is 0 Å². The summed E-state index contributed by atoms with van der Waals surface area (Å²) >= 11 is 0. The number of nitrogens with zero attached hydrogens (tertiary/aromatic N) is 2. The average Bonchev–Trinajstić information content (AvgIpc) is 2.54. The maximum atomic E-state index is 4.39. The van der Waals surface area contributed by atoms with Gasteiger partial charge in [0, 0.05) is 18.8 Å². The van der Waals surface area contributed by atoms with Crippen LogP contribution in [0.25, 0.3) is 0 Å². The molecule has 1 heterocycles. The molecule has 1 rings (SSSR count). The number of hydrogen-bond donors (Lipinski definition) is 1. The van der Waals surface area contributed by atoms with Crippen LogP contribution < -0.4 is 5.32 Å². The minimum Gasteiger partial charge on any atom is -0.314 e. The van der Waals surface area contributed by atoms with Gasteiger partial charge in [-0.1, -0.05) is 13.8 Å². The number of nitrogens with one attached hydrogen (secondary N) is 1. The van der Waals surface area contributed by atoms with Gasteiger partial charge in [0.05, 0.1) is 5.69 Å². The molecule has 1 aromatic rings. The topological polar surface area (TPSA) is 29.9 Å². The van der Waals surface area contributed by atoms with E-state index in [1.807, 2.05) is 11.7 Å². The molecule has 2 atom stereocenters. The quantitative estimate of drug-likeness (QED) is 0.790. The number of aryl methyl sites for hydroxylation is 2. The van der Waals surface area contributed by atoms with Crippen molar-refractivity contribution in [2.75, 3.05) is 6.54 Å². The Balaban J connectivity index is 2.38. The summed E-state index contributed by atoms with van der Waals surface area (Å²) < 4.78 is 2.01. The van der Waals surface area contributed by atoms with Gasteiger partial charge in [0.2, 0.25) is 0 Å². The first-order chi connectivity index (χ1) is 8.02. The van der Waals surface area contributed by atoms with Crippen LogP contribution in [0.4, 0.5) is 0 Å². The van der Waals surface area contributed by atoms with Crippen LogP contribution in [0.3, 0.4) is 0 Å². The van der Waals surface area contributed by atoms with Gasteiger partial charge in [0.1, 0.15) is 0 Å². The first-order valence-corrected chi connectivity index (χ1v) is 6.75.